The largest absolute Gasteiger partial charge is 0.355 e. The van der Waals surface area contributed by atoms with Gasteiger partial charge < -0.3 is 5.32 Å². The molecule has 0 radical (unpaired) electrons. The van der Waals surface area contributed by atoms with Crippen molar-refractivity contribution in [2.75, 3.05) is 12.3 Å². The van der Waals surface area contributed by atoms with E-state index in [2.05, 4.69) is 45.6 Å². The summed E-state index contributed by atoms with van der Waals surface area (Å²) in [5.74, 6) is 1.43. The van der Waals surface area contributed by atoms with Crippen LogP contribution in [-0.4, -0.2) is 33.4 Å². The molecule has 25 heavy (non-hydrogen) atoms. The highest BCUT2D eigenvalue weighted by Gasteiger charge is 2.10. The number of aromatic nitrogens is 3. The number of aromatic amines is 1. The first-order valence-electron chi connectivity index (χ1n) is 8.09. The number of benzene rings is 1. The van der Waals surface area contributed by atoms with E-state index in [0.717, 1.165) is 12.2 Å². The highest BCUT2D eigenvalue weighted by Crippen LogP contribution is 2.16. The molecule has 0 saturated carbocycles. The average molecular weight is 373 g/mol. The first-order valence-corrected chi connectivity index (χ1v) is 9.95. The Morgan fingerprint density at radius 2 is 2.12 bits per heavy atom. The number of rotatable bonds is 8. The van der Waals surface area contributed by atoms with Gasteiger partial charge in [0.05, 0.1) is 5.75 Å². The van der Waals surface area contributed by atoms with Crippen LogP contribution in [-0.2, 0) is 11.2 Å². The fraction of sp³-hybridized carbons (Fsp3) is 0.278. The molecular weight excluding hydrogens is 352 g/mol. The number of hydrogen-bond donors (Lipinski definition) is 2. The maximum absolute atomic E-state index is 12.0. The summed E-state index contributed by atoms with van der Waals surface area (Å²) in [5, 5.41) is 12.7. The summed E-state index contributed by atoms with van der Waals surface area (Å²) in [5.41, 5.74) is 1.22. The molecule has 1 amide bonds. The van der Waals surface area contributed by atoms with Crippen LogP contribution in [0.3, 0.4) is 0 Å². The minimum Gasteiger partial charge on any atom is -0.355 e. The Morgan fingerprint density at radius 1 is 1.28 bits per heavy atom. The summed E-state index contributed by atoms with van der Waals surface area (Å²) in [6, 6.07) is 14.3. The molecule has 0 aliphatic rings. The molecule has 0 aliphatic carbocycles. The molecule has 2 heterocycles. The summed E-state index contributed by atoms with van der Waals surface area (Å²) in [6.07, 6.45) is 0.742. The van der Waals surface area contributed by atoms with Crippen LogP contribution in [0.5, 0.6) is 0 Å². The van der Waals surface area contributed by atoms with Crippen molar-refractivity contribution in [2.24, 2.45) is 0 Å². The number of nitrogens with one attached hydrogen (secondary N) is 2. The van der Waals surface area contributed by atoms with E-state index in [9.17, 15) is 4.79 Å². The molecule has 1 unspecified atom stereocenters. The third-order valence-corrected chi connectivity index (χ3v) is 5.46. The lowest BCUT2D eigenvalue weighted by Crippen LogP contribution is -2.29. The Balaban J connectivity index is 1.41. The Labute approximate surface area is 155 Å². The molecule has 5 nitrogen and oxygen atoms in total. The van der Waals surface area contributed by atoms with Crippen molar-refractivity contribution in [1.82, 2.24) is 20.5 Å². The van der Waals surface area contributed by atoms with E-state index in [1.165, 1.54) is 22.2 Å². The van der Waals surface area contributed by atoms with E-state index >= 15 is 0 Å². The van der Waals surface area contributed by atoms with Crippen LogP contribution in [0.1, 0.15) is 29.1 Å². The maximum atomic E-state index is 12.0. The van der Waals surface area contributed by atoms with Gasteiger partial charge in [-0.2, -0.15) is 0 Å². The van der Waals surface area contributed by atoms with Crippen LogP contribution in [0.2, 0.25) is 0 Å². The number of amides is 1. The van der Waals surface area contributed by atoms with Crippen LogP contribution in [0.15, 0.2) is 53.0 Å². The van der Waals surface area contributed by atoms with Crippen molar-refractivity contribution in [3.63, 3.8) is 0 Å². The SMILES string of the molecule is CC(CNC(=O)CSc1n[nH]c(Cc2cccs2)n1)c1ccccc1. The molecule has 3 rings (SSSR count). The van der Waals surface area contributed by atoms with Crippen LogP contribution >= 0.6 is 23.1 Å². The van der Waals surface area contributed by atoms with E-state index in [0.29, 0.717) is 17.5 Å². The van der Waals surface area contributed by atoms with Crippen molar-refractivity contribution < 1.29 is 4.79 Å². The normalized spacial score (nSPS) is 12.0. The van der Waals surface area contributed by atoms with Crippen LogP contribution in [0.4, 0.5) is 0 Å². The van der Waals surface area contributed by atoms with E-state index in [-0.39, 0.29) is 11.8 Å². The van der Waals surface area contributed by atoms with Gasteiger partial charge in [0, 0.05) is 17.8 Å². The van der Waals surface area contributed by atoms with E-state index < -0.39 is 0 Å². The standard InChI is InChI=1S/C18H20N4OS2/c1-13(14-6-3-2-4-7-14)11-19-17(23)12-25-18-20-16(21-22-18)10-15-8-5-9-24-15/h2-9,13H,10-12H2,1H3,(H,19,23)(H,20,21,22). The minimum absolute atomic E-state index is 0.00242. The van der Waals surface area contributed by atoms with Gasteiger partial charge in [0.2, 0.25) is 11.1 Å². The lowest BCUT2D eigenvalue weighted by molar-refractivity contribution is -0.118. The molecule has 130 valence electrons. The summed E-state index contributed by atoms with van der Waals surface area (Å²) < 4.78 is 0. The van der Waals surface area contributed by atoms with Gasteiger partial charge in [-0.1, -0.05) is 55.1 Å². The molecule has 0 spiro atoms. The van der Waals surface area contributed by atoms with Gasteiger partial charge in [-0.05, 0) is 22.9 Å². The van der Waals surface area contributed by atoms with E-state index in [1.807, 2.05) is 29.6 Å². The molecule has 3 aromatic rings. The fourth-order valence-corrected chi connectivity index (χ4v) is 3.70. The molecule has 0 aliphatic heterocycles. The smallest absolute Gasteiger partial charge is 0.230 e. The summed E-state index contributed by atoms with van der Waals surface area (Å²) in [6.45, 7) is 2.73. The number of thiophene rings is 1. The monoisotopic (exact) mass is 372 g/mol. The predicted molar refractivity (Wildman–Crippen MR) is 102 cm³/mol. The van der Waals surface area contributed by atoms with E-state index in [4.69, 9.17) is 0 Å². The van der Waals surface area contributed by atoms with Crippen molar-refractivity contribution in [1.29, 1.82) is 0 Å². The van der Waals surface area contributed by atoms with Crippen molar-refractivity contribution in [3.05, 3.63) is 64.1 Å². The molecule has 0 fully saturated rings. The number of H-pyrrole nitrogens is 1. The van der Waals surface area contributed by atoms with Gasteiger partial charge >= 0.3 is 0 Å². The van der Waals surface area contributed by atoms with E-state index in [1.54, 1.807) is 11.3 Å². The molecule has 7 heteroatoms. The predicted octanol–water partition coefficient (Wildman–Crippen LogP) is 3.47. The second kappa shape index (κ2) is 8.82. The number of carbonyl (C=O) groups excluding carboxylic acids is 1. The van der Waals surface area contributed by atoms with Crippen molar-refractivity contribution in [2.45, 2.75) is 24.4 Å². The Morgan fingerprint density at radius 3 is 2.88 bits per heavy atom. The number of hydrogen-bond acceptors (Lipinski definition) is 5. The van der Waals surface area contributed by atoms with Crippen LogP contribution < -0.4 is 5.32 Å². The van der Waals surface area contributed by atoms with Gasteiger partial charge in [0.25, 0.3) is 0 Å². The zero-order valence-corrected chi connectivity index (χ0v) is 15.6. The first kappa shape index (κ1) is 17.7. The summed E-state index contributed by atoms with van der Waals surface area (Å²) in [7, 11) is 0. The molecular formula is C18H20N4OS2. The first-order chi connectivity index (χ1) is 12.2. The average Bonchev–Trinajstić information content (AvgIpc) is 3.31. The second-order valence-corrected chi connectivity index (χ2v) is 7.70. The molecule has 2 aromatic heterocycles. The van der Waals surface area contributed by atoms with Gasteiger partial charge in [-0.25, -0.2) is 4.98 Å². The van der Waals surface area contributed by atoms with Crippen molar-refractivity contribution >= 4 is 29.0 Å². The maximum Gasteiger partial charge on any atom is 0.230 e. The Bertz CT molecular complexity index is 787. The molecule has 1 atom stereocenters. The number of nitrogens with zero attached hydrogens (tertiary/aromatic N) is 2. The second-order valence-electron chi connectivity index (χ2n) is 5.73. The number of carbonyl (C=O) groups is 1. The van der Waals surface area contributed by atoms with Crippen molar-refractivity contribution in [3.8, 4) is 0 Å². The molecule has 1 aromatic carbocycles. The quantitative estimate of drug-likeness (QED) is 0.594. The fourth-order valence-electron chi connectivity index (χ4n) is 2.35. The van der Waals surface area contributed by atoms with Gasteiger partial charge in [0.15, 0.2) is 0 Å². The van der Waals surface area contributed by atoms with Crippen LogP contribution in [0, 0.1) is 0 Å². The van der Waals surface area contributed by atoms with Gasteiger partial charge in [0.1, 0.15) is 5.82 Å². The topological polar surface area (TPSA) is 70.7 Å². The summed E-state index contributed by atoms with van der Waals surface area (Å²) >= 11 is 3.04. The Hall–Kier alpha value is -2.12. The zero-order valence-electron chi connectivity index (χ0n) is 13.9. The lowest BCUT2D eigenvalue weighted by Gasteiger charge is -2.12. The molecule has 0 saturated heterocycles. The highest BCUT2D eigenvalue weighted by atomic mass is 32.2. The Kier molecular flexibility index (Phi) is 6.25. The molecule has 0 bridgehead atoms. The minimum atomic E-state index is -0.00242. The van der Waals surface area contributed by atoms with Gasteiger partial charge in [-0.15, -0.1) is 16.4 Å². The third kappa shape index (κ3) is 5.44. The lowest BCUT2D eigenvalue weighted by atomic mass is 10.0. The highest BCUT2D eigenvalue weighted by molar-refractivity contribution is 7.99. The zero-order chi connectivity index (χ0) is 17.5. The molecule has 2 N–H and O–H groups in total. The third-order valence-electron chi connectivity index (χ3n) is 3.74. The van der Waals surface area contributed by atoms with Gasteiger partial charge in [-0.3, -0.25) is 9.89 Å². The summed E-state index contributed by atoms with van der Waals surface area (Å²) in [4.78, 5) is 17.7. The van der Waals surface area contributed by atoms with Crippen LogP contribution in [0.25, 0.3) is 0 Å². The number of thioether (sulfide) groups is 1.